The number of pyridine rings is 1. The lowest BCUT2D eigenvalue weighted by molar-refractivity contribution is -0.298. The third kappa shape index (κ3) is 5.79. The summed E-state index contributed by atoms with van der Waals surface area (Å²) >= 11 is 0. The van der Waals surface area contributed by atoms with Gasteiger partial charge < -0.3 is 15.0 Å². The molecule has 1 saturated heterocycles. The fourth-order valence-electron chi connectivity index (χ4n) is 4.05. The molecule has 9 nitrogen and oxygen atoms in total. The Bertz CT molecular complexity index is 1280. The van der Waals surface area contributed by atoms with Gasteiger partial charge in [-0.2, -0.15) is 22.0 Å². The number of morpholine rings is 1. The molecule has 0 bridgehead atoms. The minimum atomic E-state index is -4.61. The van der Waals surface area contributed by atoms with Crippen molar-refractivity contribution in [2.75, 3.05) is 18.4 Å². The van der Waals surface area contributed by atoms with Crippen molar-refractivity contribution in [2.45, 2.75) is 45.2 Å². The predicted octanol–water partition coefficient (Wildman–Crippen LogP) is 4.14. The summed E-state index contributed by atoms with van der Waals surface area (Å²) in [4.78, 5) is 34.6. The molecule has 3 aromatic heterocycles. The number of hydrogen-bond acceptors (Lipinski definition) is 8. The van der Waals surface area contributed by atoms with Gasteiger partial charge in [0.05, 0.1) is 23.3 Å². The minimum Gasteiger partial charge on any atom is -0.352 e. The van der Waals surface area contributed by atoms with E-state index in [0.717, 1.165) is 4.90 Å². The first-order chi connectivity index (χ1) is 17.4. The molecule has 0 aliphatic carbocycles. The van der Waals surface area contributed by atoms with Gasteiger partial charge in [-0.1, -0.05) is 0 Å². The summed E-state index contributed by atoms with van der Waals surface area (Å²) in [6.45, 7) is 3.51. The van der Waals surface area contributed by atoms with Crippen molar-refractivity contribution < 1.29 is 32.9 Å². The summed E-state index contributed by atoms with van der Waals surface area (Å²) in [5, 5.41) is 2.70. The molecule has 37 heavy (non-hydrogen) atoms. The van der Waals surface area contributed by atoms with E-state index in [9.17, 15) is 26.7 Å². The van der Waals surface area contributed by atoms with Crippen molar-refractivity contribution in [3.63, 3.8) is 0 Å². The largest absolute Gasteiger partial charge is 0.419 e. The highest BCUT2D eigenvalue weighted by Gasteiger charge is 2.48. The van der Waals surface area contributed by atoms with Crippen LogP contribution in [0.3, 0.4) is 0 Å². The Morgan fingerprint density at radius 1 is 1.19 bits per heavy atom. The summed E-state index contributed by atoms with van der Waals surface area (Å²) in [6, 6.07) is 2.35. The predicted molar refractivity (Wildman–Crippen MR) is 123 cm³/mol. The highest BCUT2D eigenvalue weighted by molar-refractivity contribution is 5.99. The minimum absolute atomic E-state index is 0. The zero-order valence-corrected chi connectivity index (χ0v) is 19.9. The van der Waals surface area contributed by atoms with Gasteiger partial charge >= 0.3 is 12.3 Å². The summed E-state index contributed by atoms with van der Waals surface area (Å²) in [5.74, 6) is -0.770. The Morgan fingerprint density at radius 3 is 2.46 bits per heavy atom. The fraction of sp³-hybridized carbons (Fsp3) is 0.391. The van der Waals surface area contributed by atoms with Gasteiger partial charge in [-0.3, -0.25) is 4.79 Å². The Hall–Kier alpha value is -3.81. The molecule has 4 rings (SSSR count). The van der Waals surface area contributed by atoms with Crippen molar-refractivity contribution in [2.24, 2.45) is 0 Å². The molecule has 14 heteroatoms. The smallest absolute Gasteiger partial charge is 0.352 e. The number of rotatable bonds is 5. The van der Waals surface area contributed by atoms with Crippen molar-refractivity contribution in [1.29, 1.82) is 0 Å². The summed E-state index contributed by atoms with van der Waals surface area (Å²) in [7, 11) is 0. The van der Waals surface area contributed by atoms with Gasteiger partial charge in [-0.15, -0.1) is 0 Å². The highest BCUT2D eigenvalue weighted by Crippen LogP contribution is 2.33. The van der Waals surface area contributed by atoms with E-state index < -0.39 is 42.4 Å². The number of nitrogens with one attached hydrogen (secondary N) is 1. The molecule has 3 aromatic rings. The second-order valence-electron chi connectivity index (χ2n) is 8.51. The van der Waals surface area contributed by atoms with Gasteiger partial charge in [0.15, 0.2) is 5.82 Å². The van der Waals surface area contributed by atoms with Crippen molar-refractivity contribution >= 4 is 11.9 Å². The quantitative estimate of drug-likeness (QED) is 0.496. The van der Waals surface area contributed by atoms with Crippen LogP contribution in [0.1, 0.15) is 35.7 Å². The number of alkyl halides is 5. The number of aryl methyl sites for hydroxylation is 2. The number of hydrogen-bond donors (Lipinski definition) is 1. The normalized spacial score (nSPS) is 19.5. The van der Waals surface area contributed by atoms with Crippen LogP contribution in [0.25, 0.3) is 11.4 Å². The van der Waals surface area contributed by atoms with Crippen LogP contribution in [0.15, 0.2) is 36.9 Å². The van der Waals surface area contributed by atoms with E-state index in [2.05, 4.69) is 30.2 Å². The molecule has 0 saturated carbocycles. The number of amides is 1. The second kappa shape index (κ2) is 9.92. The first kappa shape index (κ1) is 26.3. The topological polar surface area (TPSA) is 106 Å². The second-order valence-corrected chi connectivity index (χ2v) is 8.51. The van der Waals surface area contributed by atoms with E-state index in [1.807, 2.05) is 0 Å². The van der Waals surface area contributed by atoms with Gasteiger partial charge in [0, 0.05) is 38.5 Å². The van der Waals surface area contributed by atoms with Crippen LogP contribution < -0.4 is 5.32 Å². The molecule has 2 atom stereocenters. The maximum Gasteiger partial charge on any atom is 0.419 e. The molecule has 1 fully saturated rings. The third-order valence-electron chi connectivity index (χ3n) is 5.70. The lowest BCUT2D eigenvalue weighted by atomic mass is 10.0. The van der Waals surface area contributed by atoms with E-state index in [-0.39, 0.29) is 25.4 Å². The molecule has 1 aliphatic heterocycles. The van der Waals surface area contributed by atoms with Crippen molar-refractivity contribution in [1.82, 2.24) is 29.8 Å². The van der Waals surface area contributed by atoms with Gasteiger partial charge in [-0.05, 0) is 38.5 Å². The zero-order valence-electron chi connectivity index (χ0n) is 19.9. The van der Waals surface area contributed by atoms with E-state index in [0.29, 0.717) is 29.2 Å². The van der Waals surface area contributed by atoms with Crippen LogP contribution >= 0.6 is 0 Å². The molecule has 4 heterocycles. The number of carbonyl (C=O) groups is 1. The van der Waals surface area contributed by atoms with Gasteiger partial charge in [0.25, 0.3) is 5.91 Å². The van der Waals surface area contributed by atoms with Crippen molar-refractivity contribution in [3.05, 3.63) is 59.4 Å². The number of aromatic nitrogens is 5. The molecular weight excluding hydrogens is 501 g/mol. The molecule has 0 aromatic carbocycles. The molecular formula is C23H24F5N7O2. The maximum atomic E-state index is 14.4. The number of nitrogens with zero attached hydrogens (tertiary/aromatic N) is 6. The molecule has 1 N–H and O–H groups in total. The average molecular weight is 525 g/mol. The molecule has 1 aliphatic rings. The Labute approximate surface area is 209 Å². The summed E-state index contributed by atoms with van der Waals surface area (Å²) in [6.07, 6.45) is -5.25. The lowest BCUT2D eigenvalue weighted by Gasteiger charge is -2.43. The molecule has 198 valence electrons. The zero-order chi connectivity index (χ0) is 27.0. The molecule has 0 unspecified atom stereocenters. The SMILES string of the molecule is Cc1cc(C)c(-c2ncccn2)c(C(=O)N2CC(F)(F)O[C@@H](C)[C@H]2CNc2ncc(C(F)(F)F)cn2)n1.[HH]. The number of halogens is 5. The summed E-state index contributed by atoms with van der Waals surface area (Å²) < 4.78 is 72.1. The molecule has 1 amide bonds. The van der Waals surface area contributed by atoms with Crippen LogP contribution in [-0.2, 0) is 10.9 Å². The summed E-state index contributed by atoms with van der Waals surface area (Å²) in [5.41, 5.74) is 0.269. The monoisotopic (exact) mass is 525 g/mol. The number of carbonyl (C=O) groups excluding carboxylic acids is 1. The Balaban J connectivity index is 0.00000400. The lowest BCUT2D eigenvalue weighted by Crippen LogP contribution is -2.61. The van der Waals surface area contributed by atoms with E-state index in [1.54, 1.807) is 26.0 Å². The van der Waals surface area contributed by atoms with E-state index in [1.165, 1.54) is 19.3 Å². The first-order valence-corrected chi connectivity index (χ1v) is 11.1. The Morgan fingerprint density at radius 2 is 1.84 bits per heavy atom. The van der Waals surface area contributed by atoms with Gasteiger partial charge in [-0.25, -0.2) is 24.9 Å². The number of anilines is 1. The third-order valence-corrected chi connectivity index (χ3v) is 5.70. The maximum absolute atomic E-state index is 14.4. The molecule has 0 spiro atoms. The van der Waals surface area contributed by atoms with E-state index >= 15 is 0 Å². The van der Waals surface area contributed by atoms with Gasteiger partial charge in [0.1, 0.15) is 12.2 Å². The standard InChI is InChI=1S/C23H22F5N7O2.H2/c1-12-7-13(2)34-18(17(12)19-29-5-4-6-30-19)20(36)35-11-22(24,25)37-14(3)16(35)10-33-21-31-8-15(9-32-21)23(26,27)28;/h4-9,14,16H,10-11H2,1-3H3,(H,31,32,33);1H/t14-,16+;/m0./s1. The van der Waals surface area contributed by atoms with Crippen LogP contribution in [0.5, 0.6) is 0 Å². The highest BCUT2D eigenvalue weighted by atomic mass is 19.4. The van der Waals surface area contributed by atoms with Gasteiger partial charge in [0.2, 0.25) is 5.95 Å². The van der Waals surface area contributed by atoms with Crippen LogP contribution in [-0.4, -0.2) is 67.1 Å². The Kier molecular flexibility index (Phi) is 7.04. The van der Waals surface area contributed by atoms with Crippen LogP contribution in [0, 0.1) is 13.8 Å². The molecule has 0 radical (unpaired) electrons. The van der Waals surface area contributed by atoms with Crippen LogP contribution in [0.2, 0.25) is 0 Å². The van der Waals surface area contributed by atoms with Crippen molar-refractivity contribution in [3.8, 4) is 11.4 Å². The average Bonchev–Trinajstić information content (AvgIpc) is 2.82. The first-order valence-electron chi connectivity index (χ1n) is 11.1. The van der Waals surface area contributed by atoms with Crippen LogP contribution in [0.4, 0.5) is 27.9 Å². The number of ether oxygens (including phenoxy) is 1. The van der Waals surface area contributed by atoms with E-state index in [4.69, 9.17) is 4.74 Å². The fourth-order valence-corrected chi connectivity index (χ4v) is 4.05.